The molecule has 0 atom stereocenters. The second kappa shape index (κ2) is 10.4. The Morgan fingerprint density at radius 1 is 1.16 bits per heavy atom. The van der Waals surface area contributed by atoms with E-state index in [2.05, 4.69) is 17.3 Å². The van der Waals surface area contributed by atoms with Gasteiger partial charge in [-0.2, -0.15) is 9.40 Å². The van der Waals surface area contributed by atoms with Crippen LogP contribution in [0.5, 0.6) is 5.75 Å². The Balaban J connectivity index is 1.86. The molecular formula is C23H28N4O4S. The molecule has 9 heteroatoms. The van der Waals surface area contributed by atoms with Gasteiger partial charge in [-0.1, -0.05) is 43.7 Å². The molecule has 0 aliphatic heterocycles. The molecule has 1 amide bonds. The molecule has 0 saturated heterocycles. The van der Waals surface area contributed by atoms with Gasteiger partial charge in [-0.05, 0) is 30.2 Å². The number of ether oxygens (including phenoxy) is 1. The van der Waals surface area contributed by atoms with Gasteiger partial charge in [0.05, 0.1) is 13.3 Å². The van der Waals surface area contributed by atoms with Crippen molar-refractivity contribution in [3.8, 4) is 5.75 Å². The number of sulfonamides is 1. The van der Waals surface area contributed by atoms with E-state index in [-0.39, 0.29) is 22.8 Å². The molecular weight excluding hydrogens is 428 g/mol. The highest BCUT2D eigenvalue weighted by atomic mass is 32.2. The van der Waals surface area contributed by atoms with E-state index >= 15 is 0 Å². The van der Waals surface area contributed by atoms with Crippen molar-refractivity contribution >= 4 is 21.7 Å². The Hall–Kier alpha value is -3.17. The summed E-state index contributed by atoms with van der Waals surface area (Å²) in [6, 6.07) is 15.4. The summed E-state index contributed by atoms with van der Waals surface area (Å²) in [5.74, 6) is 0.312. The van der Waals surface area contributed by atoms with Crippen molar-refractivity contribution < 1.29 is 17.9 Å². The number of nitrogens with zero attached hydrogens (tertiary/aromatic N) is 3. The van der Waals surface area contributed by atoms with Gasteiger partial charge in [0.25, 0.3) is 5.91 Å². The number of aromatic nitrogens is 2. The molecule has 0 aliphatic rings. The molecule has 1 N–H and O–H groups in total. The number of unbranched alkanes of at least 4 members (excludes halogenated alkanes) is 1. The van der Waals surface area contributed by atoms with Gasteiger partial charge in [-0.15, -0.1) is 0 Å². The number of hydrogen-bond donors (Lipinski definition) is 1. The van der Waals surface area contributed by atoms with Crippen molar-refractivity contribution in [1.82, 2.24) is 14.1 Å². The van der Waals surface area contributed by atoms with Gasteiger partial charge in [0.2, 0.25) is 10.0 Å². The van der Waals surface area contributed by atoms with Crippen LogP contribution < -0.4 is 10.1 Å². The number of benzene rings is 2. The van der Waals surface area contributed by atoms with Crippen LogP contribution in [0.3, 0.4) is 0 Å². The summed E-state index contributed by atoms with van der Waals surface area (Å²) >= 11 is 0. The lowest BCUT2D eigenvalue weighted by atomic mass is 10.2. The van der Waals surface area contributed by atoms with E-state index in [1.807, 2.05) is 30.3 Å². The van der Waals surface area contributed by atoms with Crippen molar-refractivity contribution in [2.75, 3.05) is 19.5 Å². The Labute approximate surface area is 188 Å². The third-order valence-corrected chi connectivity index (χ3v) is 6.87. The number of carbonyl (C=O) groups is 1. The summed E-state index contributed by atoms with van der Waals surface area (Å²) in [5.41, 5.74) is 1.06. The first kappa shape index (κ1) is 23.5. The maximum absolute atomic E-state index is 13.3. The predicted molar refractivity (Wildman–Crippen MR) is 123 cm³/mol. The van der Waals surface area contributed by atoms with Gasteiger partial charge in [0.1, 0.15) is 16.5 Å². The topological polar surface area (TPSA) is 93.5 Å². The van der Waals surface area contributed by atoms with Crippen LogP contribution >= 0.6 is 0 Å². The zero-order valence-corrected chi connectivity index (χ0v) is 19.3. The lowest BCUT2D eigenvalue weighted by molar-refractivity contribution is 0.102. The average molecular weight is 457 g/mol. The minimum Gasteiger partial charge on any atom is -0.495 e. The first-order valence-electron chi connectivity index (χ1n) is 10.4. The SMILES string of the molecule is CCCCn1nccc1NC(=O)c1ccc(OC)c(S(=O)(=O)N(C)Cc2ccccc2)c1. The molecule has 0 spiro atoms. The van der Waals surface area contributed by atoms with E-state index in [0.717, 1.165) is 18.4 Å². The number of carbonyl (C=O) groups excluding carboxylic acids is 1. The zero-order valence-electron chi connectivity index (χ0n) is 18.5. The molecule has 2 aromatic carbocycles. The highest BCUT2D eigenvalue weighted by Gasteiger charge is 2.26. The average Bonchev–Trinajstić information content (AvgIpc) is 3.24. The molecule has 0 aliphatic carbocycles. The van der Waals surface area contributed by atoms with Crippen LogP contribution in [-0.4, -0.2) is 42.6 Å². The van der Waals surface area contributed by atoms with Gasteiger partial charge >= 0.3 is 0 Å². The number of nitrogens with one attached hydrogen (secondary N) is 1. The fourth-order valence-electron chi connectivity index (χ4n) is 3.23. The molecule has 0 bridgehead atoms. The number of amides is 1. The quantitative estimate of drug-likeness (QED) is 0.501. The second-order valence-corrected chi connectivity index (χ2v) is 9.37. The summed E-state index contributed by atoms with van der Waals surface area (Å²) in [6.45, 7) is 2.96. The Morgan fingerprint density at radius 3 is 2.59 bits per heavy atom. The van der Waals surface area contributed by atoms with E-state index in [1.54, 1.807) is 16.9 Å². The van der Waals surface area contributed by atoms with Crippen molar-refractivity contribution in [2.45, 2.75) is 37.8 Å². The maximum Gasteiger partial charge on any atom is 0.256 e. The van der Waals surface area contributed by atoms with Crippen LogP contribution in [0.25, 0.3) is 0 Å². The summed E-state index contributed by atoms with van der Waals surface area (Å²) in [4.78, 5) is 12.8. The largest absolute Gasteiger partial charge is 0.495 e. The third kappa shape index (κ3) is 5.35. The monoisotopic (exact) mass is 456 g/mol. The molecule has 0 radical (unpaired) electrons. The number of rotatable bonds is 10. The summed E-state index contributed by atoms with van der Waals surface area (Å²) in [6.07, 6.45) is 3.56. The van der Waals surface area contributed by atoms with E-state index < -0.39 is 15.9 Å². The van der Waals surface area contributed by atoms with Gasteiger partial charge in [-0.25, -0.2) is 13.1 Å². The standard InChI is InChI=1S/C23H28N4O4S/c1-4-5-15-27-22(13-14-24-27)25-23(28)19-11-12-20(31-3)21(16-19)32(29,30)26(2)17-18-9-7-6-8-10-18/h6-14,16H,4-5,15,17H2,1-3H3,(H,25,28). The van der Waals surface area contributed by atoms with Gasteiger partial charge in [-0.3, -0.25) is 4.79 Å². The summed E-state index contributed by atoms with van der Waals surface area (Å²) in [7, 11) is -1.01. The van der Waals surface area contributed by atoms with Crippen LogP contribution in [-0.2, 0) is 23.1 Å². The molecule has 0 unspecified atom stereocenters. The molecule has 1 heterocycles. The molecule has 3 aromatic rings. The van der Waals surface area contributed by atoms with Crippen molar-refractivity contribution in [1.29, 1.82) is 0 Å². The molecule has 170 valence electrons. The van der Waals surface area contributed by atoms with Crippen LogP contribution in [0.2, 0.25) is 0 Å². The normalized spacial score (nSPS) is 11.5. The van der Waals surface area contributed by atoms with Crippen LogP contribution in [0.15, 0.2) is 65.7 Å². The third-order valence-electron chi connectivity index (χ3n) is 5.04. The van der Waals surface area contributed by atoms with Crippen molar-refractivity contribution in [2.24, 2.45) is 0 Å². The first-order chi connectivity index (χ1) is 15.4. The lowest BCUT2D eigenvalue weighted by Gasteiger charge is -2.19. The summed E-state index contributed by atoms with van der Waals surface area (Å²) < 4.78 is 34.8. The van der Waals surface area contributed by atoms with Gasteiger partial charge in [0, 0.05) is 31.8 Å². The maximum atomic E-state index is 13.3. The van der Waals surface area contributed by atoms with E-state index in [1.165, 1.54) is 36.7 Å². The smallest absolute Gasteiger partial charge is 0.256 e. The molecule has 8 nitrogen and oxygen atoms in total. The molecule has 0 saturated carbocycles. The minimum atomic E-state index is -3.91. The van der Waals surface area contributed by atoms with Crippen molar-refractivity contribution in [3.63, 3.8) is 0 Å². The van der Waals surface area contributed by atoms with Crippen molar-refractivity contribution in [3.05, 3.63) is 71.9 Å². The highest BCUT2D eigenvalue weighted by Crippen LogP contribution is 2.28. The van der Waals surface area contributed by atoms with Crippen LogP contribution in [0.1, 0.15) is 35.7 Å². The van der Waals surface area contributed by atoms with Crippen LogP contribution in [0.4, 0.5) is 5.82 Å². The Morgan fingerprint density at radius 2 is 1.91 bits per heavy atom. The molecule has 1 aromatic heterocycles. The molecule has 3 rings (SSSR count). The fraction of sp³-hybridized carbons (Fsp3) is 0.304. The highest BCUT2D eigenvalue weighted by molar-refractivity contribution is 7.89. The Kier molecular flexibility index (Phi) is 7.66. The van der Waals surface area contributed by atoms with E-state index in [4.69, 9.17) is 4.74 Å². The zero-order chi connectivity index (χ0) is 23.1. The first-order valence-corrected chi connectivity index (χ1v) is 11.8. The van der Waals surface area contributed by atoms with E-state index in [9.17, 15) is 13.2 Å². The second-order valence-electron chi connectivity index (χ2n) is 7.36. The fourth-order valence-corrected chi connectivity index (χ4v) is 4.56. The Bertz CT molecular complexity index is 1160. The minimum absolute atomic E-state index is 0.0643. The number of hydrogen-bond acceptors (Lipinski definition) is 5. The lowest BCUT2D eigenvalue weighted by Crippen LogP contribution is -2.27. The van der Waals surface area contributed by atoms with Crippen LogP contribution in [0, 0.1) is 0 Å². The molecule has 32 heavy (non-hydrogen) atoms. The number of anilines is 1. The van der Waals surface area contributed by atoms with E-state index in [0.29, 0.717) is 12.4 Å². The number of methoxy groups -OCH3 is 1. The molecule has 0 fully saturated rings. The number of aryl methyl sites for hydroxylation is 1. The van der Waals surface area contributed by atoms with Gasteiger partial charge < -0.3 is 10.1 Å². The summed E-state index contributed by atoms with van der Waals surface area (Å²) in [5, 5.41) is 7.04. The van der Waals surface area contributed by atoms with Gasteiger partial charge in [0.15, 0.2) is 0 Å². The predicted octanol–water partition coefficient (Wildman–Crippen LogP) is 3.76.